The molecular formula is C87H140N16O7S. The number of hydrogen-bond donors (Lipinski definition) is 0. The summed E-state index contributed by atoms with van der Waals surface area (Å²) in [6.45, 7) is 64.4. The van der Waals surface area contributed by atoms with Gasteiger partial charge >= 0.3 is 0 Å². The molecule has 0 N–H and O–H groups in total. The summed E-state index contributed by atoms with van der Waals surface area (Å²) in [6, 6.07) is 23.4. The van der Waals surface area contributed by atoms with E-state index in [-0.39, 0.29) is 38.2 Å². The largest absolute Gasteiger partial charge is 0.493 e. The maximum absolute atomic E-state index is 11.8. The van der Waals surface area contributed by atoms with Crippen LogP contribution in [0.2, 0.25) is 0 Å². The SMILES string of the molecule is CC(C)(C)N1CCn2cnnc2C1.CC(C)(C)c1ccc(N2CCN(C3CCOCC3)CC2)cn1.CC(C)(C)c1cnn(C2CCOCC2)c1.CN(C)S(=O)(=O)c1ccc(C(C)(C)C)cc1.COc1cc(C(C)(C)C)cc(OC)c1OC.Cc1nn(C)c2ccc(C(C)(C)C)cc12.Cc1nnc2n1CCN(C(C)(C)C)C2. The lowest BCUT2D eigenvalue weighted by Gasteiger charge is -2.41. The number of pyridine rings is 1. The van der Waals surface area contributed by atoms with E-state index in [1.165, 1.54) is 59.0 Å². The molecule has 0 atom stereocenters. The number of fused-ring (bicyclic) bond motifs is 3. The van der Waals surface area contributed by atoms with Gasteiger partial charge in [-0.2, -0.15) is 10.2 Å². The van der Waals surface area contributed by atoms with Crippen molar-refractivity contribution >= 4 is 26.6 Å². The Morgan fingerprint density at radius 3 is 1.52 bits per heavy atom. The van der Waals surface area contributed by atoms with Gasteiger partial charge in [-0.15, -0.1) is 20.4 Å². The summed E-state index contributed by atoms with van der Waals surface area (Å²) in [5, 5.41) is 26.5. The Morgan fingerprint density at radius 1 is 0.523 bits per heavy atom. The number of aryl methyl sites for hydroxylation is 3. The number of ether oxygens (including phenoxy) is 5. The normalized spacial score (nSPS) is 16.6. The fourth-order valence-corrected chi connectivity index (χ4v) is 14.5. The van der Waals surface area contributed by atoms with Gasteiger partial charge in [-0.25, -0.2) is 12.7 Å². The molecular weight excluding hydrogens is 1410 g/mol. The molecule has 24 heteroatoms. The topological polar surface area (TPSA) is 206 Å². The molecule has 23 nitrogen and oxygen atoms in total. The van der Waals surface area contributed by atoms with Crippen LogP contribution in [0.4, 0.5) is 5.69 Å². The molecule has 5 aromatic heterocycles. The van der Waals surface area contributed by atoms with Crippen LogP contribution in [-0.4, -0.2) is 200 Å². The average molecular weight is 1550 g/mol. The molecule has 3 fully saturated rings. The minimum Gasteiger partial charge on any atom is -0.493 e. The second-order valence-corrected chi connectivity index (χ2v) is 39.3. The predicted octanol–water partition coefficient (Wildman–Crippen LogP) is 15.7. The summed E-state index contributed by atoms with van der Waals surface area (Å²) < 4.78 is 60.0. The number of aromatic nitrogens is 11. The van der Waals surface area contributed by atoms with Gasteiger partial charge in [0.2, 0.25) is 15.8 Å². The number of anilines is 1. The van der Waals surface area contributed by atoms with Crippen molar-refractivity contribution in [2.75, 3.05) is 106 Å². The molecule has 111 heavy (non-hydrogen) atoms. The molecule has 13 rings (SSSR count). The monoisotopic (exact) mass is 1550 g/mol. The molecule has 0 aliphatic carbocycles. The smallest absolute Gasteiger partial charge is 0.242 e. The number of benzene rings is 3. The van der Waals surface area contributed by atoms with Crippen molar-refractivity contribution in [2.24, 2.45) is 7.05 Å². The maximum atomic E-state index is 11.8. The molecule has 3 saturated heterocycles. The number of rotatable bonds is 8. The van der Waals surface area contributed by atoms with Crippen LogP contribution in [0.5, 0.6) is 17.2 Å². The van der Waals surface area contributed by atoms with Crippen LogP contribution in [0.15, 0.2) is 96.5 Å². The zero-order valence-corrected chi connectivity index (χ0v) is 74.3. The molecule has 0 amide bonds. The van der Waals surface area contributed by atoms with Crippen molar-refractivity contribution in [1.82, 2.24) is 73.1 Å². The maximum Gasteiger partial charge on any atom is 0.242 e. The molecule has 0 bridgehead atoms. The van der Waals surface area contributed by atoms with Gasteiger partial charge in [0.1, 0.15) is 23.8 Å². The summed E-state index contributed by atoms with van der Waals surface area (Å²) >= 11 is 0. The number of hydrogen-bond acceptors (Lipinski definition) is 18. The molecule has 616 valence electrons. The molecule has 5 aliphatic rings. The van der Waals surface area contributed by atoms with Crippen molar-refractivity contribution in [1.29, 1.82) is 0 Å². The number of piperazine rings is 1. The van der Waals surface area contributed by atoms with Gasteiger partial charge in [0.25, 0.3) is 0 Å². The second-order valence-electron chi connectivity index (χ2n) is 37.2. The lowest BCUT2D eigenvalue weighted by molar-refractivity contribution is 0.0321. The van der Waals surface area contributed by atoms with Crippen molar-refractivity contribution in [3.05, 3.63) is 143 Å². The highest BCUT2D eigenvalue weighted by molar-refractivity contribution is 7.89. The Hall–Kier alpha value is -7.32. The van der Waals surface area contributed by atoms with Crippen LogP contribution in [0, 0.1) is 13.8 Å². The Morgan fingerprint density at radius 2 is 1.05 bits per heavy atom. The highest BCUT2D eigenvalue weighted by atomic mass is 32.2. The molecule has 0 unspecified atom stereocenters. The first-order chi connectivity index (χ1) is 51.6. The summed E-state index contributed by atoms with van der Waals surface area (Å²) in [4.78, 5) is 15.0. The first-order valence-corrected chi connectivity index (χ1v) is 41.3. The van der Waals surface area contributed by atoms with Crippen LogP contribution < -0.4 is 19.1 Å². The second kappa shape index (κ2) is 38.2. The van der Waals surface area contributed by atoms with Crippen molar-refractivity contribution < 1.29 is 32.1 Å². The molecule has 3 aromatic carbocycles. The zero-order valence-electron chi connectivity index (χ0n) is 73.5. The zero-order chi connectivity index (χ0) is 82.4. The van der Waals surface area contributed by atoms with Gasteiger partial charge in [-0.3, -0.25) is 29.0 Å². The molecule has 8 aromatic rings. The first kappa shape index (κ1) is 90.9. The Balaban J connectivity index is 0.000000181. The summed E-state index contributed by atoms with van der Waals surface area (Å²) in [5.74, 6) is 5.26. The first-order valence-electron chi connectivity index (χ1n) is 39.8. The van der Waals surface area contributed by atoms with Crippen molar-refractivity contribution in [3.8, 4) is 17.2 Å². The number of nitrogens with zero attached hydrogens (tertiary/aromatic N) is 16. The van der Waals surface area contributed by atoms with E-state index in [0.29, 0.717) is 28.2 Å². The number of sulfonamides is 1. The Kier molecular flexibility index (Phi) is 31.3. The van der Waals surface area contributed by atoms with Crippen molar-refractivity contribution in [2.45, 2.75) is 266 Å². The van der Waals surface area contributed by atoms with Gasteiger partial charge in [0.15, 0.2) is 11.5 Å². The molecule has 0 saturated carbocycles. The van der Waals surface area contributed by atoms with E-state index in [0.717, 1.165) is 151 Å². The third-order valence-corrected chi connectivity index (χ3v) is 23.2. The summed E-state index contributed by atoms with van der Waals surface area (Å²) in [5.41, 5.74) is 10.8. The highest BCUT2D eigenvalue weighted by Gasteiger charge is 2.31. The van der Waals surface area contributed by atoms with E-state index in [2.05, 4.69) is 258 Å². The van der Waals surface area contributed by atoms with E-state index >= 15 is 0 Å². The van der Waals surface area contributed by atoms with Gasteiger partial charge < -0.3 is 37.7 Å². The fraction of sp³-hybridized carbons (Fsp3) is 0.644. The molecule has 0 radical (unpaired) electrons. The van der Waals surface area contributed by atoms with Gasteiger partial charge in [-0.1, -0.05) is 122 Å². The Labute approximate surface area is 667 Å². The summed E-state index contributed by atoms with van der Waals surface area (Å²) in [7, 11) is 6.62. The van der Waals surface area contributed by atoms with Crippen LogP contribution in [-0.2, 0) is 79.8 Å². The van der Waals surface area contributed by atoms with Gasteiger partial charge in [-0.05, 0) is 174 Å². The standard InChI is InChI=1S/C18H29N3O.C13H18N2.C13H20O3.C12H20N2O.C12H19NO2S.C10H18N4.C9H16N4/c1-18(2,3)17-5-4-16(14-19-17)21-10-8-20(9-11-21)15-6-12-22-13-7-15;1-9-11-8-10(13(2,3)4)6-7-12(11)15(5)14-9;1-13(2,3)9-7-10(14-4)12(16-6)11(8-9)15-5;1-12(2,3)10-8-13-14(9-10)11-4-6-15-7-5-11;1-12(2,3)10-6-8-11(9-7-10)16(14,15)13(4)5;1-8-11-12-9-7-13(10(2,3)4)5-6-14(8)9;1-9(2,3)13-5-4-12-7-10-11-8(12)6-13/h4-5,14-15H,6-13H2,1-3H3;6-8H,1-5H3;7-8H,1-6H3;8-9,11H,4-7H2,1-3H3;6-9H,1-5H3;5-7H2,1-4H3;7H,4-6H2,1-3H3. The third kappa shape index (κ3) is 25.6. The average Bonchev–Trinajstić information content (AvgIpc) is 1.75. The van der Waals surface area contributed by atoms with Crippen LogP contribution in [0.3, 0.4) is 0 Å². The van der Waals surface area contributed by atoms with Gasteiger partial charge in [0.05, 0.1) is 74.6 Å². The minimum atomic E-state index is -3.31. The van der Waals surface area contributed by atoms with E-state index < -0.39 is 10.0 Å². The molecule has 5 aliphatic heterocycles. The Bertz CT molecular complexity index is 4260. The fourth-order valence-electron chi connectivity index (χ4n) is 13.6. The van der Waals surface area contributed by atoms with E-state index in [1.807, 2.05) is 61.6 Å². The molecule has 0 spiro atoms. The van der Waals surface area contributed by atoms with E-state index in [9.17, 15) is 8.42 Å². The lowest BCUT2D eigenvalue weighted by Crippen LogP contribution is -2.51. The minimum absolute atomic E-state index is 0.0421. The molecule has 10 heterocycles. The van der Waals surface area contributed by atoms with Crippen LogP contribution in [0.1, 0.15) is 228 Å². The van der Waals surface area contributed by atoms with Gasteiger partial charge in [0, 0.05) is 140 Å². The number of methoxy groups -OCH3 is 3. The quantitative estimate of drug-likeness (QED) is 0.139. The van der Waals surface area contributed by atoms with Crippen LogP contribution >= 0.6 is 0 Å². The lowest BCUT2D eigenvalue weighted by atomic mass is 9.86. The summed E-state index contributed by atoms with van der Waals surface area (Å²) in [6.07, 6.45) is 12.6. The van der Waals surface area contributed by atoms with Crippen molar-refractivity contribution in [3.63, 3.8) is 0 Å². The van der Waals surface area contributed by atoms with E-state index in [1.54, 1.807) is 33.5 Å². The predicted molar refractivity (Wildman–Crippen MR) is 451 cm³/mol. The van der Waals surface area contributed by atoms with E-state index in [4.69, 9.17) is 23.7 Å². The van der Waals surface area contributed by atoms with Crippen LogP contribution in [0.25, 0.3) is 10.9 Å². The third-order valence-electron chi connectivity index (χ3n) is 21.3. The highest BCUT2D eigenvalue weighted by Crippen LogP contribution is 2.41.